The van der Waals surface area contributed by atoms with Crippen LogP contribution in [0.2, 0.25) is 5.02 Å². The fraction of sp³-hybridized carbons (Fsp3) is 0.438. The summed E-state index contributed by atoms with van der Waals surface area (Å²) < 4.78 is 10.4. The molecule has 2 rings (SSSR count). The number of nitrogens with zero attached hydrogens (tertiary/aromatic N) is 1. The first-order valence-electron chi connectivity index (χ1n) is 7.17. The molecule has 1 fully saturated rings. The molecule has 0 aromatic heterocycles. The van der Waals surface area contributed by atoms with Crippen molar-refractivity contribution in [1.82, 2.24) is 10.2 Å². The van der Waals surface area contributed by atoms with Crippen molar-refractivity contribution in [2.24, 2.45) is 0 Å². The zero-order chi connectivity index (χ0) is 16.1. The van der Waals surface area contributed by atoms with Crippen LogP contribution in [0.5, 0.6) is 11.5 Å². The van der Waals surface area contributed by atoms with Crippen molar-refractivity contribution in [2.45, 2.75) is 13.0 Å². The molecule has 0 aliphatic carbocycles. The van der Waals surface area contributed by atoms with Crippen LogP contribution in [0.4, 0.5) is 0 Å². The number of methoxy groups -OCH3 is 2. The molecule has 0 bridgehead atoms. The third-order valence-corrected chi connectivity index (χ3v) is 3.94. The summed E-state index contributed by atoms with van der Waals surface area (Å²) in [6.45, 7) is 4.40. The van der Waals surface area contributed by atoms with E-state index in [1.165, 1.54) is 7.11 Å². The van der Waals surface area contributed by atoms with Gasteiger partial charge < -0.3 is 19.7 Å². The second kappa shape index (κ2) is 7.51. The van der Waals surface area contributed by atoms with Gasteiger partial charge in [-0.05, 0) is 30.7 Å². The van der Waals surface area contributed by atoms with Gasteiger partial charge in [0.15, 0.2) is 11.5 Å². The lowest BCUT2D eigenvalue weighted by Gasteiger charge is -2.33. The first-order chi connectivity index (χ1) is 10.6. The molecule has 1 unspecified atom stereocenters. The van der Waals surface area contributed by atoms with Crippen LogP contribution in [0, 0.1) is 0 Å². The maximum Gasteiger partial charge on any atom is 0.246 e. The second-order valence-corrected chi connectivity index (χ2v) is 5.56. The summed E-state index contributed by atoms with van der Waals surface area (Å²) >= 11 is 6.16. The van der Waals surface area contributed by atoms with Gasteiger partial charge >= 0.3 is 0 Å². The number of carbonyl (C=O) groups excluding carboxylic acids is 1. The predicted octanol–water partition coefficient (Wildman–Crippen LogP) is 2.19. The Bertz CT molecular complexity index is 575. The molecule has 0 saturated carbocycles. The van der Waals surface area contributed by atoms with E-state index in [0.717, 1.165) is 25.2 Å². The van der Waals surface area contributed by atoms with Crippen LogP contribution in [-0.4, -0.2) is 50.7 Å². The third-order valence-electron chi connectivity index (χ3n) is 3.66. The Balaban J connectivity index is 2.15. The Hall–Kier alpha value is -1.72. The topological polar surface area (TPSA) is 50.8 Å². The van der Waals surface area contributed by atoms with Crippen LogP contribution in [-0.2, 0) is 4.79 Å². The van der Waals surface area contributed by atoms with Crippen molar-refractivity contribution in [1.29, 1.82) is 0 Å². The van der Waals surface area contributed by atoms with E-state index in [1.807, 2.05) is 11.8 Å². The Morgan fingerprint density at radius 3 is 2.82 bits per heavy atom. The van der Waals surface area contributed by atoms with E-state index in [2.05, 4.69) is 5.32 Å². The van der Waals surface area contributed by atoms with Crippen molar-refractivity contribution in [3.05, 3.63) is 28.8 Å². The van der Waals surface area contributed by atoms with Gasteiger partial charge in [0.05, 0.1) is 19.2 Å². The number of benzene rings is 1. The minimum absolute atomic E-state index is 0.0000858. The van der Waals surface area contributed by atoms with E-state index in [4.69, 9.17) is 21.1 Å². The summed E-state index contributed by atoms with van der Waals surface area (Å²) in [7, 11) is 3.09. The molecule has 1 aromatic carbocycles. The lowest BCUT2D eigenvalue weighted by atomic mass is 10.1. The monoisotopic (exact) mass is 324 g/mol. The quantitative estimate of drug-likeness (QED) is 0.863. The van der Waals surface area contributed by atoms with E-state index in [0.29, 0.717) is 16.5 Å². The molecule has 1 N–H and O–H groups in total. The lowest BCUT2D eigenvalue weighted by molar-refractivity contribution is -0.128. The summed E-state index contributed by atoms with van der Waals surface area (Å²) in [6, 6.07) is 3.73. The van der Waals surface area contributed by atoms with Gasteiger partial charge in [-0.1, -0.05) is 11.6 Å². The molecule has 1 aliphatic rings. The molecule has 0 spiro atoms. The summed E-state index contributed by atoms with van der Waals surface area (Å²) in [5, 5.41) is 3.71. The van der Waals surface area contributed by atoms with Crippen LogP contribution < -0.4 is 14.8 Å². The molecule has 6 heteroatoms. The molecule has 1 aromatic rings. The SMILES string of the molecule is COc1cc(C=CC(=O)N2CCNCC2C)cc(Cl)c1OC. The van der Waals surface area contributed by atoms with Gasteiger partial charge in [-0.3, -0.25) is 4.79 Å². The standard InChI is InChI=1S/C16H21ClN2O3/c1-11-10-18-6-7-19(11)15(20)5-4-12-8-13(17)16(22-3)14(9-12)21-2/h4-5,8-9,11,18H,6-7,10H2,1-3H3. The number of halogens is 1. The summed E-state index contributed by atoms with van der Waals surface area (Å²) in [5.74, 6) is 1.03. The number of carbonyl (C=O) groups is 1. The third kappa shape index (κ3) is 3.72. The Labute approximate surface area is 135 Å². The average molecular weight is 325 g/mol. The van der Waals surface area contributed by atoms with Crippen LogP contribution in [0.1, 0.15) is 12.5 Å². The number of piperazine rings is 1. The van der Waals surface area contributed by atoms with E-state index < -0.39 is 0 Å². The largest absolute Gasteiger partial charge is 0.493 e. The Kier molecular flexibility index (Phi) is 5.69. The van der Waals surface area contributed by atoms with Gasteiger partial charge in [0.25, 0.3) is 0 Å². The number of rotatable bonds is 4. The van der Waals surface area contributed by atoms with Crippen molar-refractivity contribution in [3.63, 3.8) is 0 Å². The molecule has 22 heavy (non-hydrogen) atoms. The van der Waals surface area contributed by atoms with Crippen molar-refractivity contribution >= 4 is 23.6 Å². The van der Waals surface area contributed by atoms with Gasteiger partial charge in [-0.2, -0.15) is 0 Å². The zero-order valence-corrected chi connectivity index (χ0v) is 13.8. The van der Waals surface area contributed by atoms with E-state index in [1.54, 1.807) is 31.4 Å². The second-order valence-electron chi connectivity index (χ2n) is 5.16. The predicted molar refractivity (Wildman–Crippen MR) is 87.6 cm³/mol. The highest BCUT2D eigenvalue weighted by atomic mass is 35.5. The van der Waals surface area contributed by atoms with E-state index >= 15 is 0 Å². The molecule has 5 nitrogen and oxygen atoms in total. The Morgan fingerprint density at radius 1 is 1.41 bits per heavy atom. The highest BCUT2D eigenvalue weighted by Crippen LogP contribution is 2.36. The molecular weight excluding hydrogens is 304 g/mol. The maximum absolute atomic E-state index is 12.3. The van der Waals surface area contributed by atoms with Crippen LogP contribution in [0.3, 0.4) is 0 Å². The first kappa shape index (κ1) is 16.6. The highest BCUT2D eigenvalue weighted by molar-refractivity contribution is 6.32. The zero-order valence-electron chi connectivity index (χ0n) is 13.1. The van der Waals surface area contributed by atoms with Gasteiger partial charge in [0, 0.05) is 31.8 Å². The van der Waals surface area contributed by atoms with Gasteiger partial charge in [0.2, 0.25) is 5.91 Å². The molecule has 1 atom stereocenters. The Morgan fingerprint density at radius 2 is 2.18 bits per heavy atom. The summed E-state index contributed by atoms with van der Waals surface area (Å²) in [4.78, 5) is 14.1. The molecule has 1 aliphatic heterocycles. The van der Waals surface area contributed by atoms with Crippen molar-refractivity contribution < 1.29 is 14.3 Å². The molecule has 120 valence electrons. The van der Waals surface area contributed by atoms with E-state index in [-0.39, 0.29) is 11.9 Å². The smallest absolute Gasteiger partial charge is 0.246 e. The van der Waals surface area contributed by atoms with Gasteiger partial charge in [-0.25, -0.2) is 0 Å². The number of hydrogen-bond acceptors (Lipinski definition) is 4. The van der Waals surface area contributed by atoms with Crippen LogP contribution in [0.15, 0.2) is 18.2 Å². The molecular formula is C16H21ClN2O3. The fourth-order valence-electron chi connectivity index (χ4n) is 2.47. The first-order valence-corrected chi connectivity index (χ1v) is 7.55. The summed E-state index contributed by atoms with van der Waals surface area (Å²) in [6.07, 6.45) is 3.31. The molecule has 0 radical (unpaired) electrons. The lowest BCUT2D eigenvalue weighted by Crippen LogP contribution is -2.51. The number of hydrogen-bond donors (Lipinski definition) is 1. The maximum atomic E-state index is 12.3. The normalized spacial score (nSPS) is 18.5. The summed E-state index contributed by atoms with van der Waals surface area (Å²) in [5.41, 5.74) is 0.791. The fourth-order valence-corrected chi connectivity index (χ4v) is 2.76. The van der Waals surface area contributed by atoms with Crippen LogP contribution >= 0.6 is 11.6 Å². The highest BCUT2D eigenvalue weighted by Gasteiger charge is 2.21. The van der Waals surface area contributed by atoms with Gasteiger partial charge in [-0.15, -0.1) is 0 Å². The molecule has 1 amide bonds. The average Bonchev–Trinajstić information content (AvgIpc) is 2.52. The number of amides is 1. The minimum Gasteiger partial charge on any atom is -0.493 e. The number of ether oxygens (including phenoxy) is 2. The molecule has 1 heterocycles. The van der Waals surface area contributed by atoms with Gasteiger partial charge in [0.1, 0.15) is 0 Å². The van der Waals surface area contributed by atoms with E-state index in [9.17, 15) is 4.79 Å². The number of nitrogens with one attached hydrogen (secondary N) is 1. The van der Waals surface area contributed by atoms with Crippen LogP contribution in [0.25, 0.3) is 6.08 Å². The minimum atomic E-state index is -0.0000858. The van der Waals surface area contributed by atoms with Crippen molar-refractivity contribution in [3.8, 4) is 11.5 Å². The van der Waals surface area contributed by atoms with Crippen molar-refractivity contribution in [2.75, 3.05) is 33.9 Å². The molecule has 1 saturated heterocycles.